The second-order valence-electron chi connectivity index (χ2n) is 0.895. The molecule has 0 amide bonds. The first-order valence-electron chi connectivity index (χ1n) is 1.51. The molecular weight excluding hydrogens is 112 g/mol. The van der Waals surface area contributed by atoms with E-state index in [1.165, 1.54) is 0 Å². The van der Waals surface area contributed by atoms with Crippen LogP contribution in [0.2, 0.25) is 0 Å². The first-order chi connectivity index (χ1) is 3.18. The summed E-state index contributed by atoms with van der Waals surface area (Å²) in [5.74, 6) is 14.2. The standard InChI is InChI=1S/CH8N6.H2O/c2-1(6-3)7(4)5;/h3-5H2,(H2,2,6);1H2. The molecule has 0 radical (unpaired) electrons. The molecule has 0 saturated carbocycles. The fourth-order valence-electron chi connectivity index (χ4n) is 0.0667. The third kappa shape index (κ3) is 3.15. The van der Waals surface area contributed by atoms with E-state index in [0.717, 1.165) is 0 Å². The van der Waals surface area contributed by atoms with Crippen LogP contribution in [0.25, 0.3) is 0 Å². The Morgan fingerprint density at radius 2 is 1.75 bits per heavy atom. The third-order valence-electron chi connectivity index (χ3n) is 0.397. The predicted molar refractivity (Wildman–Crippen MR) is 29.6 cm³/mol. The van der Waals surface area contributed by atoms with Crippen molar-refractivity contribution in [1.29, 1.82) is 0 Å². The highest BCUT2D eigenvalue weighted by Crippen LogP contribution is 1.55. The molecule has 8 heavy (non-hydrogen) atoms. The number of rotatable bonds is 0. The summed E-state index contributed by atoms with van der Waals surface area (Å²) < 4.78 is 0. The maximum atomic E-state index is 4.92. The van der Waals surface area contributed by atoms with Crippen LogP contribution in [-0.2, 0) is 0 Å². The zero-order chi connectivity index (χ0) is 5.86. The summed E-state index contributed by atoms with van der Waals surface area (Å²) in [5.41, 5.74) is 4.92. The highest BCUT2D eigenvalue weighted by atomic mass is 16.0. The Morgan fingerprint density at radius 1 is 1.38 bits per heavy atom. The summed E-state index contributed by atoms with van der Waals surface area (Å²) in [6.45, 7) is 0. The molecule has 0 saturated heterocycles. The Kier molecular flexibility index (Phi) is 5.17. The van der Waals surface area contributed by atoms with Gasteiger partial charge in [-0.05, 0) is 0 Å². The van der Waals surface area contributed by atoms with Gasteiger partial charge in [-0.2, -0.15) is 0 Å². The predicted octanol–water partition coefficient (Wildman–Crippen LogP) is -3.60. The SMILES string of the molecule is N/N=C(\N)N(N)N.O. The molecule has 10 N–H and O–H groups in total. The van der Waals surface area contributed by atoms with Gasteiger partial charge in [-0.25, -0.2) is 16.8 Å². The second kappa shape index (κ2) is 4.12. The first-order valence-corrected chi connectivity index (χ1v) is 1.51. The number of guanidine groups is 1. The molecule has 0 heterocycles. The Balaban J connectivity index is 0. The normalized spacial score (nSPS) is 10.0. The van der Waals surface area contributed by atoms with E-state index in [9.17, 15) is 0 Å². The number of hydrogen-bond acceptors (Lipinski definition) is 4. The highest BCUT2D eigenvalue weighted by Gasteiger charge is 1.88. The monoisotopic (exact) mass is 122 g/mol. The molecule has 0 aromatic heterocycles. The van der Waals surface area contributed by atoms with Gasteiger partial charge in [0.2, 0.25) is 5.96 Å². The average molecular weight is 122 g/mol. The van der Waals surface area contributed by atoms with E-state index in [-0.39, 0.29) is 11.4 Å². The quantitative estimate of drug-likeness (QED) is 0.113. The van der Waals surface area contributed by atoms with Crippen LogP contribution in [0.3, 0.4) is 0 Å². The lowest BCUT2D eigenvalue weighted by Crippen LogP contribution is -2.48. The molecular formula is CH10N6O. The molecule has 0 atom stereocenters. The van der Waals surface area contributed by atoms with Crippen LogP contribution in [0.4, 0.5) is 0 Å². The van der Waals surface area contributed by atoms with Crippen molar-refractivity contribution in [2.45, 2.75) is 0 Å². The van der Waals surface area contributed by atoms with Gasteiger partial charge >= 0.3 is 0 Å². The number of hydrogen-bond donors (Lipinski definition) is 4. The van der Waals surface area contributed by atoms with Gasteiger partial charge in [0.1, 0.15) is 0 Å². The van der Waals surface area contributed by atoms with E-state index < -0.39 is 0 Å². The van der Waals surface area contributed by atoms with Gasteiger partial charge in [0.05, 0.1) is 0 Å². The fraction of sp³-hybridized carbons (Fsp3) is 0. The minimum absolute atomic E-state index is 0. The van der Waals surface area contributed by atoms with Gasteiger partial charge in [-0.3, -0.25) is 0 Å². The van der Waals surface area contributed by atoms with Crippen molar-refractivity contribution in [2.75, 3.05) is 0 Å². The van der Waals surface area contributed by atoms with Gasteiger partial charge in [0.25, 0.3) is 0 Å². The van der Waals surface area contributed by atoms with Gasteiger partial charge in [-0.1, -0.05) is 0 Å². The van der Waals surface area contributed by atoms with E-state index in [0.29, 0.717) is 5.12 Å². The molecule has 0 aromatic carbocycles. The topological polar surface area (TPSA) is 151 Å². The Labute approximate surface area is 46.1 Å². The zero-order valence-corrected chi connectivity index (χ0v) is 4.20. The summed E-state index contributed by atoms with van der Waals surface area (Å²) in [4.78, 5) is 0. The van der Waals surface area contributed by atoms with Crippen molar-refractivity contribution >= 4 is 5.96 Å². The van der Waals surface area contributed by atoms with Crippen LogP contribution in [0.15, 0.2) is 5.10 Å². The lowest BCUT2D eigenvalue weighted by Gasteiger charge is -2.06. The van der Waals surface area contributed by atoms with Crippen LogP contribution < -0.4 is 23.3 Å². The number of hydrazone groups is 1. The van der Waals surface area contributed by atoms with Crippen molar-refractivity contribution < 1.29 is 5.48 Å². The maximum absolute atomic E-state index is 4.92. The molecule has 50 valence electrons. The molecule has 0 bridgehead atoms. The fourth-order valence-corrected chi connectivity index (χ4v) is 0.0667. The lowest BCUT2D eigenvalue weighted by molar-refractivity contribution is 0.457. The van der Waals surface area contributed by atoms with Gasteiger partial charge in [-0.15, -0.1) is 5.10 Å². The molecule has 0 aliphatic rings. The minimum Gasteiger partial charge on any atom is -0.412 e. The first kappa shape index (κ1) is 10.0. The van der Waals surface area contributed by atoms with Crippen LogP contribution in [0.5, 0.6) is 0 Å². The van der Waals surface area contributed by atoms with Gasteiger partial charge in [0, 0.05) is 0 Å². The van der Waals surface area contributed by atoms with Crippen molar-refractivity contribution in [1.82, 2.24) is 5.12 Å². The number of nitrogens with zero attached hydrogens (tertiary/aromatic N) is 2. The van der Waals surface area contributed by atoms with Gasteiger partial charge in [0.15, 0.2) is 0 Å². The van der Waals surface area contributed by atoms with E-state index >= 15 is 0 Å². The molecule has 0 aromatic rings. The molecule has 7 heteroatoms. The number of nitrogens with two attached hydrogens (primary N) is 4. The Hall–Kier alpha value is -1.05. The molecule has 0 spiro atoms. The summed E-state index contributed by atoms with van der Waals surface area (Å²) >= 11 is 0. The average Bonchev–Trinajstić information content (AvgIpc) is 1.65. The van der Waals surface area contributed by atoms with Crippen molar-refractivity contribution in [3.8, 4) is 0 Å². The van der Waals surface area contributed by atoms with E-state index in [2.05, 4.69) is 10.9 Å². The highest BCUT2D eigenvalue weighted by molar-refractivity contribution is 5.76. The largest absolute Gasteiger partial charge is 0.412 e. The lowest BCUT2D eigenvalue weighted by atomic mass is 11.0. The zero-order valence-electron chi connectivity index (χ0n) is 4.20. The molecule has 0 fully saturated rings. The van der Waals surface area contributed by atoms with E-state index in [4.69, 9.17) is 17.4 Å². The second-order valence-corrected chi connectivity index (χ2v) is 0.895. The molecule has 0 aliphatic heterocycles. The Bertz CT molecular complexity index is 76.6. The maximum Gasteiger partial charge on any atom is 0.242 e. The van der Waals surface area contributed by atoms with Crippen LogP contribution in [-0.4, -0.2) is 16.6 Å². The summed E-state index contributed by atoms with van der Waals surface area (Å²) in [7, 11) is 0. The Morgan fingerprint density at radius 3 is 1.75 bits per heavy atom. The van der Waals surface area contributed by atoms with Crippen molar-refractivity contribution in [3.05, 3.63) is 0 Å². The molecule has 0 rings (SSSR count). The van der Waals surface area contributed by atoms with Crippen LogP contribution in [0.1, 0.15) is 0 Å². The van der Waals surface area contributed by atoms with E-state index in [1.54, 1.807) is 0 Å². The minimum atomic E-state index is -0.111. The summed E-state index contributed by atoms with van der Waals surface area (Å²) in [5, 5.41) is 3.58. The van der Waals surface area contributed by atoms with Crippen LogP contribution >= 0.6 is 0 Å². The smallest absolute Gasteiger partial charge is 0.242 e. The summed E-state index contributed by atoms with van der Waals surface area (Å²) in [6, 6.07) is 0. The van der Waals surface area contributed by atoms with Crippen molar-refractivity contribution in [3.63, 3.8) is 0 Å². The molecule has 7 nitrogen and oxygen atoms in total. The molecule has 0 unspecified atom stereocenters. The van der Waals surface area contributed by atoms with Gasteiger partial charge < -0.3 is 17.1 Å². The van der Waals surface area contributed by atoms with E-state index in [1.807, 2.05) is 0 Å². The number of hydrazine groups is 2. The third-order valence-corrected chi connectivity index (χ3v) is 0.397. The van der Waals surface area contributed by atoms with Crippen molar-refractivity contribution in [2.24, 2.45) is 28.4 Å². The van der Waals surface area contributed by atoms with Crippen LogP contribution in [0, 0.1) is 0 Å². The summed E-state index contributed by atoms with van der Waals surface area (Å²) in [6.07, 6.45) is 0. The molecule has 0 aliphatic carbocycles.